The van der Waals surface area contributed by atoms with Crippen molar-refractivity contribution in [2.75, 3.05) is 48.0 Å². The van der Waals surface area contributed by atoms with E-state index in [0.29, 0.717) is 17.7 Å². The first-order valence-electron chi connectivity index (χ1n) is 11.9. The lowest BCUT2D eigenvalue weighted by Crippen LogP contribution is -2.41. The van der Waals surface area contributed by atoms with E-state index < -0.39 is 10.0 Å². The molecule has 0 spiro atoms. The fraction of sp³-hybridized carbons (Fsp3) is 0.560. The summed E-state index contributed by atoms with van der Waals surface area (Å²) in [5, 5.41) is 5.21. The third-order valence-corrected chi connectivity index (χ3v) is 9.34. The van der Waals surface area contributed by atoms with Gasteiger partial charge in [0.15, 0.2) is 0 Å². The molecule has 1 saturated carbocycles. The first-order valence-corrected chi connectivity index (χ1v) is 14.2. The molecule has 1 N–H and O–H groups in total. The van der Waals surface area contributed by atoms with Crippen LogP contribution >= 0.6 is 11.3 Å². The number of carbonyl (C=O) groups is 1. The molecule has 1 atom stereocenters. The molecule has 8 nitrogen and oxygen atoms in total. The molecule has 1 aromatic carbocycles. The summed E-state index contributed by atoms with van der Waals surface area (Å²) in [5.41, 5.74) is 0. The largest absolute Gasteiger partial charge is 0.497 e. The minimum absolute atomic E-state index is 0.0775. The van der Waals surface area contributed by atoms with Crippen LogP contribution in [0.1, 0.15) is 36.6 Å². The lowest BCUT2D eigenvalue weighted by molar-refractivity contribution is -0.126. The molecule has 1 aromatic heterocycles. The van der Waals surface area contributed by atoms with Crippen LogP contribution in [-0.2, 0) is 19.6 Å². The van der Waals surface area contributed by atoms with Crippen molar-refractivity contribution in [1.82, 2.24) is 14.5 Å². The van der Waals surface area contributed by atoms with Crippen LogP contribution in [0.2, 0.25) is 0 Å². The van der Waals surface area contributed by atoms with Gasteiger partial charge < -0.3 is 19.7 Å². The summed E-state index contributed by atoms with van der Waals surface area (Å²) in [6.07, 6.45) is 4.05. The van der Waals surface area contributed by atoms with Crippen molar-refractivity contribution >= 4 is 27.3 Å². The summed E-state index contributed by atoms with van der Waals surface area (Å²) in [6.45, 7) is 0.213. The Morgan fingerprint density at radius 3 is 2.37 bits per heavy atom. The van der Waals surface area contributed by atoms with Crippen molar-refractivity contribution in [3.8, 4) is 5.75 Å². The maximum Gasteiger partial charge on any atom is 0.246 e. The fourth-order valence-corrected chi connectivity index (χ4v) is 6.79. The lowest BCUT2D eigenvalue weighted by atomic mass is 9.80. The zero-order valence-electron chi connectivity index (χ0n) is 21.0. The monoisotopic (exact) mass is 523 g/mol. The molecule has 10 heteroatoms. The molecule has 194 valence electrons. The molecule has 0 aliphatic heterocycles. The van der Waals surface area contributed by atoms with Gasteiger partial charge >= 0.3 is 0 Å². The number of methoxy groups -OCH3 is 1. The Balaban J connectivity index is 1.37. The molecule has 1 aliphatic rings. The molecule has 3 rings (SSSR count). The SMILES string of the molecule is COc1ccc(S(=O)(=O)N(C)CCOCC(=O)NC2CCC(C(c3cccs3)N(C)C)CC2)cc1. The standard InChI is InChI=1S/C25H37N3O5S2/c1-27(2)25(23-6-5-17-34-23)19-7-9-20(10-8-19)26-24(29)18-33-16-15-28(3)35(30,31)22-13-11-21(32-4)12-14-22/h5-6,11-14,17,19-20,25H,7-10,15-16,18H2,1-4H3,(H,26,29). The molecule has 1 unspecified atom stereocenters. The van der Waals surface area contributed by atoms with E-state index in [2.05, 4.69) is 41.8 Å². The first kappa shape index (κ1) is 27.6. The highest BCUT2D eigenvalue weighted by molar-refractivity contribution is 7.89. The highest BCUT2D eigenvalue weighted by Crippen LogP contribution is 2.39. The zero-order chi connectivity index (χ0) is 25.4. The van der Waals surface area contributed by atoms with Gasteiger partial charge in [-0.3, -0.25) is 4.79 Å². The van der Waals surface area contributed by atoms with E-state index in [1.54, 1.807) is 23.5 Å². The quantitative estimate of drug-likeness (QED) is 0.429. The minimum Gasteiger partial charge on any atom is -0.497 e. The number of hydrogen-bond acceptors (Lipinski definition) is 7. The van der Waals surface area contributed by atoms with E-state index in [1.165, 1.54) is 35.5 Å². The summed E-state index contributed by atoms with van der Waals surface area (Å²) >= 11 is 1.81. The predicted octanol–water partition coefficient (Wildman–Crippen LogP) is 3.37. The van der Waals surface area contributed by atoms with E-state index in [0.717, 1.165) is 25.7 Å². The highest BCUT2D eigenvalue weighted by atomic mass is 32.2. The number of sulfonamides is 1. The van der Waals surface area contributed by atoms with Crippen molar-refractivity contribution in [1.29, 1.82) is 0 Å². The molecular weight excluding hydrogens is 486 g/mol. The van der Waals surface area contributed by atoms with Crippen LogP contribution in [0.5, 0.6) is 5.75 Å². The molecule has 1 heterocycles. The van der Waals surface area contributed by atoms with Gasteiger partial charge in [-0.25, -0.2) is 8.42 Å². The maximum atomic E-state index is 12.7. The van der Waals surface area contributed by atoms with E-state index in [4.69, 9.17) is 9.47 Å². The lowest BCUT2D eigenvalue weighted by Gasteiger charge is -2.37. The average molecular weight is 524 g/mol. The zero-order valence-corrected chi connectivity index (χ0v) is 22.6. The van der Waals surface area contributed by atoms with Gasteiger partial charge in [-0.2, -0.15) is 4.31 Å². The van der Waals surface area contributed by atoms with Crippen LogP contribution in [0.25, 0.3) is 0 Å². The molecule has 0 radical (unpaired) electrons. The number of thiophene rings is 1. The number of likely N-dealkylation sites (N-methyl/N-ethyl adjacent to an activating group) is 1. The van der Waals surface area contributed by atoms with E-state index in [9.17, 15) is 13.2 Å². The van der Waals surface area contributed by atoms with Gasteiger partial charge in [-0.1, -0.05) is 6.07 Å². The summed E-state index contributed by atoms with van der Waals surface area (Å²) in [5.74, 6) is 1.02. The van der Waals surface area contributed by atoms with Gasteiger partial charge in [-0.05, 0) is 81.4 Å². The second kappa shape index (κ2) is 12.8. The Morgan fingerprint density at radius 2 is 1.80 bits per heavy atom. The Morgan fingerprint density at radius 1 is 1.11 bits per heavy atom. The smallest absolute Gasteiger partial charge is 0.246 e. The second-order valence-electron chi connectivity index (χ2n) is 9.16. The van der Waals surface area contributed by atoms with Crippen molar-refractivity contribution in [3.63, 3.8) is 0 Å². The molecule has 2 aromatic rings. The summed E-state index contributed by atoms with van der Waals surface area (Å²) < 4.78 is 37.1. The summed E-state index contributed by atoms with van der Waals surface area (Å²) in [7, 11) is 3.67. The van der Waals surface area contributed by atoms with Gasteiger partial charge in [0.05, 0.1) is 18.6 Å². The van der Waals surface area contributed by atoms with Crippen LogP contribution in [0.15, 0.2) is 46.7 Å². The van der Waals surface area contributed by atoms with E-state index >= 15 is 0 Å². The Hall–Kier alpha value is -1.98. The predicted molar refractivity (Wildman–Crippen MR) is 138 cm³/mol. The van der Waals surface area contributed by atoms with Gasteiger partial charge in [0.25, 0.3) is 0 Å². The number of benzene rings is 1. The molecule has 0 bridgehead atoms. The Labute approximate surface area is 213 Å². The van der Waals surface area contributed by atoms with Crippen LogP contribution in [0.4, 0.5) is 0 Å². The Kier molecular flexibility index (Phi) is 10.1. The van der Waals surface area contributed by atoms with E-state index in [1.807, 2.05) is 0 Å². The number of nitrogens with one attached hydrogen (secondary N) is 1. The molecule has 0 saturated heterocycles. The minimum atomic E-state index is -3.63. The number of ether oxygens (including phenoxy) is 2. The van der Waals surface area contributed by atoms with Gasteiger partial charge in [0, 0.05) is 30.6 Å². The van der Waals surface area contributed by atoms with Crippen LogP contribution in [-0.4, -0.2) is 77.6 Å². The third-order valence-electron chi connectivity index (χ3n) is 6.53. The average Bonchev–Trinajstić information content (AvgIpc) is 3.37. The van der Waals surface area contributed by atoms with Crippen molar-refractivity contribution < 1.29 is 22.7 Å². The van der Waals surface area contributed by atoms with Gasteiger partial charge in [-0.15, -0.1) is 11.3 Å². The topological polar surface area (TPSA) is 88.2 Å². The Bertz CT molecular complexity index is 1020. The van der Waals surface area contributed by atoms with Crippen molar-refractivity contribution in [2.24, 2.45) is 5.92 Å². The number of nitrogens with zero attached hydrogens (tertiary/aromatic N) is 2. The van der Waals surface area contributed by atoms with E-state index in [-0.39, 0.29) is 36.6 Å². The molecule has 35 heavy (non-hydrogen) atoms. The van der Waals surface area contributed by atoms with Crippen LogP contribution in [0.3, 0.4) is 0 Å². The number of hydrogen-bond donors (Lipinski definition) is 1. The third kappa shape index (κ3) is 7.50. The first-order chi connectivity index (χ1) is 16.7. The highest BCUT2D eigenvalue weighted by Gasteiger charge is 2.31. The summed E-state index contributed by atoms with van der Waals surface area (Å²) in [6, 6.07) is 11.1. The van der Waals surface area contributed by atoms with Crippen LogP contribution in [0, 0.1) is 5.92 Å². The van der Waals surface area contributed by atoms with Crippen LogP contribution < -0.4 is 10.1 Å². The number of amides is 1. The van der Waals surface area contributed by atoms with Crippen molar-refractivity contribution in [3.05, 3.63) is 46.7 Å². The molecule has 1 fully saturated rings. The van der Waals surface area contributed by atoms with Crippen molar-refractivity contribution in [2.45, 2.75) is 42.7 Å². The molecule has 1 aliphatic carbocycles. The maximum absolute atomic E-state index is 12.7. The molecule has 1 amide bonds. The number of carbonyl (C=O) groups excluding carboxylic acids is 1. The fourth-order valence-electron chi connectivity index (χ4n) is 4.62. The summed E-state index contributed by atoms with van der Waals surface area (Å²) in [4.78, 5) is 16.2. The molecular formula is C25H37N3O5S2. The van der Waals surface area contributed by atoms with Gasteiger partial charge in [0.1, 0.15) is 12.4 Å². The second-order valence-corrected chi connectivity index (χ2v) is 12.2. The number of rotatable bonds is 12. The van der Waals surface area contributed by atoms with Gasteiger partial charge in [0.2, 0.25) is 15.9 Å². The normalized spacial score (nSPS) is 19.6.